The standard InChI is InChI=1S/C12H13BrO/c13-8-12(14)11-6-10(7-11)9-4-2-1-3-5-9/h1-5,10-11H,6-8H2. The average Bonchev–Trinajstić information content (AvgIpc) is 2.17. The summed E-state index contributed by atoms with van der Waals surface area (Å²) < 4.78 is 0. The molecular weight excluding hydrogens is 240 g/mol. The summed E-state index contributed by atoms with van der Waals surface area (Å²) in [6.45, 7) is 0. The van der Waals surface area contributed by atoms with Crippen molar-refractivity contribution in [1.82, 2.24) is 0 Å². The van der Waals surface area contributed by atoms with Gasteiger partial charge in [0, 0.05) is 5.92 Å². The van der Waals surface area contributed by atoms with E-state index in [2.05, 4.69) is 40.2 Å². The minimum atomic E-state index is 0.305. The Morgan fingerprint density at radius 3 is 2.50 bits per heavy atom. The lowest BCUT2D eigenvalue weighted by Gasteiger charge is -2.34. The van der Waals surface area contributed by atoms with Crippen LogP contribution in [0.15, 0.2) is 30.3 Å². The predicted octanol–water partition coefficient (Wildman–Crippen LogP) is 3.14. The van der Waals surface area contributed by atoms with Crippen molar-refractivity contribution in [3.8, 4) is 0 Å². The zero-order valence-corrected chi connectivity index (χ0v) is 9.53. The van der Waals surface area contributed by atoms with Gasteiger partial charge in [-0.2, -0.15) is 0 Å². The second-order valence-corrected chi connectivity index (χ2v) is 4.44. The summed E-state index contributed by atoms with van der Waals surface area (Å²) in [4.78, 5) is 11.3. The van der Waals surface area contributed by atoms with E-state index in [1.807, 2.05) is 6.07 Å². The molecule has 2 heteroatoms. The van der Waals surface area contributed by atoms with Crippen molar-refractivity contribution in [3.63, 3.8) is 0 Å². The normalized spacial score (nSPS) is 25.5. The summed E-state index contributed by atoms with van der Waals surface area (Å²) in [6.07, 6.45) is 2.07. The Bertz CT molecular complexity index is 314. The molecule has 1 nitrogen and oxygen atoms in total. The number of hydrogen-bond donors (Lipinski definition) is 0. The van der Waals surface area contributed by atoms with Crippen molar-refractivity contribution in [2.45, 2.75) is 18.8 Å². The first kappa shape index (κ1) is 9.91. The van der Waals surface area contributed by atoms with Crippen LogP contribution in [0.5, 0.6) is 0 Å². The van der Waals surface area contributed by atoms with E-state index in [-0.39, 0.29) is 0 Å². The molecule has 0 amide bonds. The molecule has 0 saturated heterocycles. The third-order valence-electron chi connectivity index (χ3n) is 3.00. The van der Waals surface area contributed by atoms with E-state index in [0.29, 0.717) is 22.9 Å². The Morgan fingerprint density at radius 2 is 1.93 bits per heavy atom. The number of hydrogen-bond acceptors (Lipinski definition) is 1. The van der Waals surface area contributed by atoms with Crippen LogP contribution in [0.1, 0.15) is 24.3 Å². The lowest BCUT2D eigenvalue weighted by Crippen LogP contribution is -2.29. The molecule has 0 aromatic heterocycles. The van der Waals surface area contributed by atoms with Gasteiger partial charge in [0.15, 0.2) is 0 Å². The lowest BCUT2D eigenvalue weighted by molar-refractivity contribution is -0.123. The van der Waals surface area contributed by atoms with Crippen LogP contribution >= 0.6 is 15.9 Å². The van der Waals surface area contributed by atoms with E-state index < -0.39 is 0 Å². The van der Waals surface area contributed by atoms with Crippen molar-refractivity contribution < 1.29 is 4.79 Å². The van der Waals surface area contributed by atoms with Gasteiger partial charge >= 0.3 is 0 Å². The summed E-state index contributed by atoms with van der Waals surface area (Å²) in [6, 6.07) is 10.5. The summed E-state index contributed by atoms with van der Waals surface area (Å²) in [5.41, 5.74) is 1.38. The number of rotatable bonds is 3. The number of ketones is 1. The molecule has 1 aliphatic carbocycles. The predicted molar refractivity (Wildman–Crippen MR) is 60.7 cm³/mol. The molecule has 0 unspecified atom stereocenters. The van der Waals surface area contributed by atoms with Crippen LogP contribution in [0.4, 0.5) is 0 Å². The molecule has 0 atom stereocenters. The molecule has 2 rings (SSSR count). The second kappa shape index (κ2) is 4.26. The fourth-order valence-corrected chi connectivity index (χ4v) is 2.45. The zero-order chi connectivity index (χ0) is 9.97. The first-order chi connectivity index (χ1) is 6.81. The average molecular weight is 253 g/mol. The van der Waals surface area contributed by atoms with Crippen molar-refractivity contribution in [3.05, 3.63) is 35.9 Å². The minimum Gasteiger partial charge on any atom is -0.298 e. The van der Waals surface area contributed by atoms with E-state index in [1.165, 1.54) is 5.56 Å². The molecule has 14 heavy (non-hydrogen) atoms. The van der Waals surface area contributed by atoms with Crippen LogP contribution in [-0.2, 0) is 4.79 Å². The maximum Gasteiger partial charge on any atom is 0.146 e. The smallest absolute Gasteiger partial charge is 0.146 e. The van der Waals surface area contributed by atoms with Crippen molar-refractivity contribution >= 4 is 21.7 Å². The molecule has 0 bridgehead atoms. The molecule has 1 fully saturated rings. The van der Waals surface area contributed by atoms with Gasteiger partial charge in [0.05, 0.1) is 5.33 Å². The molecule has 0 N–H and O–H groups in total. The molecule has 0 aliphatic heterocycles. The molecule has 1 saturated carbocycles. The zero-order valence-electron chi connectivity index (χ0n) is 7.95. The molecule has 74 valence electrons. The highest BCUT2D eigenvalue weighted by Crippen LogP contribution is 2.41. The van der Waals surface area contributed by atoms with Crippen LogP contribution in [0.25, 0.3) is 0 Å². The number of carbonyl (C=O) groups is 1. The van der Waals surface area contributed by atoms with Crippen LogP contribution in [-0.4, -0.2) is 11.1 Å². The van der Waals surface area contributed by atoms with Crippen molar-refractivity contribution in [1.29, 1.82) is 0 Å². The van der Waals surface area contributed by atoms with Crippen molar-refractivity contribution in [2.75, 3.05) is 5.33 Å². The third kappa shape index (κ3) is 1.90. The summed E-state index contributed by atoms with van der Waals surface area (Å²) >= 11 is 3.22. The van der Waals surface area contributed by atoms with Gasteiger partial charge in [-0.15, -0.1) is 0 Å². The number of benzene rings is 1. The fraction of sp³-hybridized carbons (Fsp3) is 0.417. The molecular formula is C12H13BrO. The van der Waals surface area contributed by atoms with Gasteiger partial charge in [0.1, 0.15) is 5.78 Å². The van der Waals surface area contributed by atoms with Crippen LogP contribution in [0.2, 0.25) is 0 Å². The maximum atomic E-state index is 11.3. The van der Waals surface area contributed by atoms with Gasteiger partial charge in [0.25, 0.3) is 0 Å². The van der Waals surface area contributed by atoms with Gasteiger partial charge in [-0.3, -0.25) is 4.79 Å². The first-order valence-electron chi connectivity index (χ1n) is 4.95. The molecule has 1 aliphatic rings. The molecule has 1 aromatic carbocycles. The summed E-state index contributed by atoms with van der Waals surface area (Å²) in [7, 11) is 0. The van der Waals surface area contributed by atoms with E-state index in [0.717, 1.165) is 12.8 Å². The summed E-state index contributed by atoms with van der Waals surface area (Å²) in [5.74, 6) is 1.28. The highest BCUT2D eigenvalue weighted by atomic mass is 79.9. The Balaban J connectivity index is 1.92. The fourth-order valence-electron chi connectivity index (χ4n) is 1.99. The van der Waals surface area contributed by atoms with Gasteiger partial charge in [-0.05, 0) is 24.3 Å². The highest BCUT2D eigenvalue weighted by Gasteiger charge is 2.34. The molecule has 0 heterocycles. The highest BCUT2D eigenvalue weighted by molar-refractivity contribution is 9.09. The first-order valence-corrected chi connectivity index (χ1v) is 6.07. The van der Waals surface area contributed by atoms with E-state index in [9.17, 15) is 4.79 Å². The van der Waals surface area contributed by atoms with Crippen LogP contribution in [0.3, 0.4) is 0 Å². The quantitative estimate of drug-likeness (QED) is 0.756. The maximum absolute atomic E-state index is 11.3. The number of alkyl halides is 1. The minimum absolute atomic E-state index is 0.305. The summed E-state index contributed by atoms with van der Waals surface area (Å²) in [5, 5.41) is 0.513. The van der Waals surface area contributed by atoms with Crippen LogP contribution < -0.4 is 0 Å². The van der Waals surface area contributed by atoms with Gasteiger partial charge in [-0.25, -0.2) is 0 Å². The largest absolute Gasteiger partial charge is 0.298 e. The SMILES string of the molecule is O=C(CBr)C1CC(c2ccccc2)C1. The van der Waals surface area contributed by atoms with Gasteiger partial charge in [-0.1, -0.05) is 46.3 Å². The van der Waals surface area contributed by atoms with E-state index >= 15 is 0 Å². The van der Waals surface area contributed by atoms with Crippen molar-refractivity contribution in [2.24, 2.45) is 5.92 Å². The van der Waals surface area contributed by atoms with E-state index in [4.69, 9.17) is 0 Å². The Kier molecular flexibility index (Phi) is 3.02. The number of Topliss-reactive ketones (excluding diaryl/α,β-unsaturated/α-hetero) is 1. The third-order valence-corrected chi connectivity index (χ3v) is 3.55. The number of carbonyl (C=O) groups excluding carboxylic acids is 1. The topological polar surface area (TPSA) is 17.1 Å². The number of halogens is 1. The lowest BCUT2D eigenvalue weighted by atomic mass is 9.70. The molecule has 1 aromatic rings. The van der Waals surface area contributed by atoms with E-state index in [1.54, 1.807) is 0 Å². The Hall–Kier alpha value is -0.630. The Morgan fingerprint density at radius 1 is 1.29 bits per heavy atom. The Labute approximate surface area is 92.6 Å². The van der Waals surface area contributed by atoms with Gasteiger partial charge in [0.2, 0.25) is 0 Å². The second-order valence-electron chi connectivity index (χ2n) is 3.88. The van der Waals surface area contributed by atoms with Gasteiger partial charge < -0.3 is 0 Å². The van der Waals surface area contributed by atoms with Crippen LogP contribution in [0, 0.1) is 5.92 Å². The molecule has 0 spiro atoms. The molecule has 0 radical (unpaired) electrons. The monoisotopic (exact) mass is 252 g/mol.